The number of hydrogen-bond acceptors (Lipinski definition) is 3. The Kier molecular flexibility index (Phi) is 5.89. The standard InChI is InChI=1S/C19H20ClFN2O2/c20-16-4-6-18(7-5-16)25-14-19(24)23-10-8-22(9-11-23)13-15-2-1-3-17(21)12-15/h1-7,12H,8-11,13-14H2. The maximum Gasteiger partial charge on any atom is 0.260 e. The van der Waals surface area contributed by atoms with Crippen LogP contribution in [0.15, 0.2) is 48.5 Å². The zero-order valence-electron chi connectivity index (χ0n) is 13.8. The molecule has 2 aromatic rings. The van der Waals surface area contributed by atoms with E-state index in [9.17, 15) is 9.18 Å². The third kappa shape index (κ3) is 5.18. The van der Waals surface area contributed by atoms with Gasteiger partial charge in [-0.25, -0.2) is 4.39 Å². The molecule has 25 heavy (non-hydrogen) atoms. The Hall–Kier alpha value is -2.11. The Balaban J connectivity index is 1.43. The molecule has 0 bridgehead atoms. The average Bonchev–Trinajstić information content (AvgIpc) is 2.62. The highest BCUT2D eigenvalue weighted by molar-refractivity contribution is 6.30. The second kappa shape index (κ2) is 8.32. The molecule has 132 valence electrons. The number of benzene rings is 2. The Morgan fingerprint density at radius 3 is 2.48 bits per heavy atom. The van der Waals surface area contributed by atoms with E-state index in [4.69, 9.17) is 16.3 Å². The largest absolute Gasteiger partial charge is 0.484 e. The second-order valence-corrected chi connectivity index (χ2v) is 6.47. The van der Waals surface area contributed by atoms with Gasteiger partial charge in [0.15, 0.2) is 6.61 Å². The smallest absolute Gasteiger partial charge is 0.260 e. The normalized spacial score (nSPS) is 15.2. The lowest BCUT2D eigenvalue weighted by Gasteiger charge is -2.34. The van der Waals surface area contributed by atoms with Gasteiger partial charge < -0.3 is 9.64 Å². The summed E-state index contributed by atoms with van der Waals surface area (Å²) in [5.41, 5.74) is 0.950. The van der Waals surface area contributed by atoms with Crippen LogP contribution in [0.4, 0.5) is 4.39 Å². The molecule has 0 N–H and O–H groups in total. The van der Waals surface area contributed by atoms with Gasteiger partial charge in [-0.15, -0.1) is 0 Å². The van der Waals surface area contributed by atoms with Crippen LogP contribution in [0.25, 0.3) is 0 Å². The molecule has 4 nitrogen and oxygen atoms in total. The number of rotatable bonds is 5. The molecular weight excluding hydrogens is 343 g/mol. The zero-order valence-corrected chi connectivity index (χ0v) is 14.6. The predicted octanol–water partition coefficient (Wildman–Crippen LogP) is 3.20. The van der Waals surface area contributed by atoms with Crippen molar-refractivity contribution in [3.05, 3.63) is 64.9 Å². The predicted molar refractivity (Wildman–Crippen MR) is 95.2 cm³/mol. The molecule has 0 unspecified atom stereocenters. The van der Waals surface area contributed by atoms with Crippen molar-refractivity contribution in [2.45, 2.75) is 6.54 Å². The zero-order chi connectivity index (χ0) is 17.6. The molecule has 1 aliphatic rings. The minimum Gasteiger partial charge on any atom is -0.484 e. The minimum atomic E-state index is -0.217. The highest BCUT2D eigenvalue weighted by Gasteiger charge is 2.21. The molecule has 1 saturated heterocycles. The quantitative estimate of drug-likeness (QED) is 0.818. The number of amides is 1. The summed E-state index contributed by atoms with van der Waals surface area (Å²) in [4.78, 5) is 16.3. The van der Waals surface area contributed by atoms with Crippen molar-refractivity contribution in [1.82, 2.24) is 9.80 Å². The number of carbonyl (C=O) groups excluding carboxylic acids is 1. The van der Waals surface area contributed by atoms with E-state index in [2.05, 4.69) is 4.90 Å². The Labute approximate surface area is 151 Å². The van der Waals surface area contributed by atoms with Crippen molar-refractivity contribution < 1.29 is 13.9 Å². The lowest BCUT2D eigenvalue weighted by molar-refractivity contribution is -0.135. The van der Waals surface area contributed by atoms with Gasteiger partial charge in [0.1, 0.15) is 11.6 Å². The summed E-state index contributed by atoms with van der Waals surface area (Å²) in [6, 6.07) is 13.6. The molecule has 0 saturated carbocycles. The first-order valence-electron chi connectivity index (χ1n) is 8.23. The third-order valence-corrected chi connectivity index (χ3v) is 4.45. The number of ether oxygens (including phenoxy) is 1. The molecule has 1 aliphatic heterocycles. The summed E-state index contributed by atoms with van der Waals surface area (Å²) in [6.07, 6.45) is 0. The molecule has 0 radical (unpaired) electrons. The highest BCUT2D eigenvalue weighted by atomic mass is 35.5. The summed E-state index contributed by atoms with van der Waals surface area (Å²) >= 11 is 5.82. The van der Waals surface area contributed by atoms with E-state index in [0.717, 1.165) is 18.7 Å². The lowest BCUT2D eigenvalue weighted by atomic mass is 10.2. The monoisotopic (exact) mass is 362 g/mol. The lowest BCUT2D eigenvalue weighted by Crippen LogP contribution is -2.49. The number of piperazine rings is 1. The average molecular weight is 363 g/mol. The number of nitrogens with zero attached hydrogens (tertiary/aromatic N) is 2. The molecule has 1 amide bonds. The summed E-state index contributed by atoms with van der Waals surface area (Å²) in [5, 5.41) is 0.632. The van der Waals surface area contributed by atoms with Crippen molar-refractivity contribution in [2.75, 3.05) is 32.8 Å². The van der Waals surface area contributed by atoms with Gasteiger partial charge in [0, 0.05) is 37.7 Å². The van der Waals surface area contributed by atoms with Crippen LogP contribution in [0.2, 0.25) is 5.02 Å². The maximum atomic E-state index is 13.2. The van der Waals surface area contributed by atoms with Crippen LogP contribution in [-0.2, 0) is 11.3 Å². The van der Waals surface area contributed by atoms with E-state index in [-0.39, 0.29) is 18.3 Å². The van der Waals surface area contributed by atoms with E-state index in [0.29, 0.717) is 30.4 Å². The van der Waals surface area contributed by atoms with E-state index in [1.165, 1.54) is 6.07 Å². The van der Waals surface area contributed by atoms with Gasteiger partial charge in [-0.05, 0) is 42.0 Å². The number of halogens is 2. The summed E-state index contributed by atoms with van der Waals surface area (Å²) in [5.74, 6) is 0.383. The maximum absolute atomic E-state index is 13.2. The first kappa shape index (κ1) is 17.7. The van der Waals surface area contributed by atoms with Crippen molar-refractivity contribution in [2.24, 2.45) is 0 Å². The van der Waals surface area contributed by atoms with Crippen LogP contribution in [0.5, 0.6) is 5.75 Å². The van der Waals surface area contributed by atoms with E-state index < -0.39 is 0 Å². The van der Waals surface area contributed by atoms with Gasteiger partial charge in [0.25, 0.3) is 5.91 Å². The summed E-state index contributed by atoms with van der Waals surface area (Å²) in [7, 11) is 0. The second-order valence-electron chi connectivity index (χ2n) is 6.03. The van der Waals surface area contributed by atoms with Crippen LogP contribution in [0.1, 0.15) is 5.56 Å². The molecule has 1 heterocycles. The van der Waals surface area contributed by atoms with Crippen LogP contribution in [0.3, 0.4) is 0 Å². The number of hydrogen-bond donors (Lipinski definition) is 0. The Bertz CT molecular complexity index is 716. The topological polar surface area (TPSA) is 32.8 Å². The van der Waals surface area contributed by atoms with Crippen LogP contribution in [0, 0.1) is 5.82 Å². The first-order chi connectivity index (χ1) is 12.1. The molecule has 0 spiro atoms. The van der Waals surface area contributed by atoms with Gasteiger partial charge in [-0.2, -0.15) is 0 Å². The fraction of sp³-hybridized carbons (Fsp3) is 0.316. The van der Waals surface area contributed by atoms with Crippen molar-refractivity contribution in [3.8, 4) is 5.75 Å². The van der Waals surface area contributed by atoms with E-state index in [1.807, 2.05) is 6.07 Å². The van der Waals surface area contributed by atoms with E-state index >= 15 is 0 Å². The molecular formula is C19H20ClFN2O2. The molecule has 3 rings (SSSR count). The van der Waals surface area contributed by atoms with Crippen molar-refractivity contribution in [3.63, 3.8) is 0 Å². The molecule has 0 atom stereocenters. The number of carbonyl (C=O) groups is 1. The van der Waals surface area contributed by atoms with Crippen LogP contribution < -0.4 is 4.74 Å². The third-order valence-electron chi connectivity index (χ3n) is 4.20. The van der Waals surface area contributed by atoms with Crippen molar-refractivity contribution in [1.29, 1.82) is 0 Å². The van der Waals surface area contributed by atoms with Gasteiger partial charge in [0.2, 0.25) is 0 Å². The fourth-order valence-electron chi connectivity index (χ4n) is 2.82. The van der Waals surface area contributed by atoms with Gasteiger partial charge >= 0.3 is 0 Å². The van der Waals surface area contributed by atoms with Gasteiger partial charge in [-0.3, -0.25) is 9.69 Å². The molecule has 2 aromatic carbocycles. The van der Waals surface area contributed by atoms with E-state index in [1.54, 1.807) is 41.3 Å². The summed E-state index contributed by atoms with van der Waals surface area (Å²) < 4.78 is 18.8. The molecule has 1 fully saturated rings. The molecule has 0 aromatic heterocycles. The van der Waals surface area contributed by atoms with Crippen LogP contribution in [-0.4, -0.2) is 48.5 Å². The van der Waals surface area contributed by atoms with Gasteiger partial charge in [-0.1, -0.05) is 23.7 Å². The van der Waals surface area contributed by atoms with Crippen LogP contribution >= 0.6 is 11.6 Å². The van der Waals surface area contributed by atoms with Crippen molar-refractivity contribution >= 4 is 17.5 Å². The van der Waals surface area contributed by atoms with Gasteiger partial charge in [0.05, 0.1) is 0 Å². The SMILES string of the molecule is O=C(COc1ccc(Cl)cc1)N1CCN(Cc2cccc(F)c2)CC1. The minimum absolute atomic E-state index is 0.0194. The molecule has 0 aliphatic carbocycles. The fourth-order valence-corrected chi connectivity index (χ4v) is 2.94. The Morgan fingerprint density at radius 2 is 1.80 bits per heavy atom. The first-order valence-corrected chi connectivity index (χ1v) is 8.61. The Morgan fingerprint density at radius 1 is 1.08 bits per heavy atom. The highest BCUT2D eigenvalue weighted by Crippen LogP contribution is 2.16. The molecule has 6 heteroatoms. The summed E-state index contributed by atoms with van der Waals surface area (Å²) in [6.45, 7) is 3.55.